The van der Waals surface area contributed by atoms with Gasteiger partial charge in [-0.05, 0) is 48.9 Å². The molecule has 1 saturated heterocycles. The summed E-state index contributed by atoms with van der Waals surface area (Å²) in [4.78, 5) is 0. The monoisotopic (exact) mass is 299 g/mol. The Labute approximate surface area is 111 Å². The number of rotatable bonds is 3. The molecule has 1 heterocycles. The van der Waals surface area contributed by atoms with Crippen LogP contribution in [0.1, 0.15) is 24.4 Å². The van der Waals surface area contributed by atoms with Crippen molar-refractivity contribution in [1.82, 2.24) is 5.32 Å². The summed E-state index contributed by atoms with van der Waals surface area (Å²) in [6, 6.07) is 9.06. The molecule has 0 radical (unpaired) electrons. The van der Waals surface area contributed by atoms with Gasteiger partial charge in [0, 0.05) is 10.5 Å². The second kappa shape index (κ2) is 6.08. The SMILES string of the molecule is CNC(c1ccccc1Br)C1CCCSC1. The Morgan fingerprint density at radius 1 is 1.44 bits per heavy atom. The predicted octanol–water partition coefficient (Wildman–Crippen LogP) is 3.85. The second-order valence-corrected chi connectivity index (χ2v) is 6.27. The van der Waals surface area contributed by atoms with E-state index in [1.807, 2.05) is 0 Å². The van der Waals surface area contributed by atoms with Crippen LogP contribution in [0.25, 0.3) is 0 Å². The molecule has 2 atom stereocenters. The minimum Gasteiger partial charge on any atom is -0.313 e. The molecular weight excluding hydrogens is 282 g/mol. The average Bonchev–Trinajstić information content (AvgIpc) is 2.34. The van der Waals surface area contributed by atoms with Crippen LogP contribution < -0.4 is 5.32 Å². The molecule has 0 bridgehead atoms. The van der Waals surface area contributed by atoms with Crippen LogP contribution in [-0.2, 0) is 0 Å². The Hall–Kier alpha value is 0.01000. The summed E-state index contributed by atoms with van der Waals surface area (Å²) in [5.74, 6) is 3.39. The Morgan fingerprint density at radius 2 is 2.25 bits per heavy atom. The van der Waals surface area contributed by atoms with E-state index in [9.17, 15) is 0 Å². The minimum absolute atomic E-state index is 0.489. The topological polar surface area (TPSA) is 12.0 Å². The van der Waals surface area contributed by atoms with Crippen LogP contribution in [-0.4, -0.2) is 18.6 Å². The number of halogens is 1. The molecule has 1 aromatic rings. The molecule has 1 aromatic carbocycles. The van der Waals surface area contributed by atoms with Crippen molar-refractivity contribution in [3.63, 3.8) is 0 Å². The molecule has 88 valence electrons. The van der Waals surface area contributed by atoms with Crippen LogP contribution in [0.2, 0.25) is 0 Å². The van der Waals surface area contributed by atoms with Gasteiger partial charge in [0.1, 0.15) is 0 Å². The fourth-order valence-electron chi connectivity index (χ4n) is 2.40. The molecule has 3 heteroatoms. The van der Waals surface area contributed by atoms with Crippen molar-refractivity contribution < 1.29 is 0 Å². The van der Waals surface area contributed by atoms with E-state index < -0.39 is 0 Å². The van der Waals surface area contributed by atoms with Crippen LogP contribution >= 0.6 is 27.7 Å². The van der Waals surface area contributed by atoms with Gasteiger partial charge in [-0.15, -0.1) is 0 Å². The lowest BCUT2D eigenvalue weighted by Gasteiger charge is -2.30. The van der Waals surface area contributed by atoms with Gasteiger partial charge < -0.3 is 5.32 Å². The smallest absolute Gasteiger partial charge is 0.0365 e. The van der Waals surface area contributed by atoms with Crippen LogP contribution in [0, 0.1) is 5.92 Å². The van der Waals surface area contributed by atoms with E-state index in [-0.39, 0.29) is 0 Å². The van der Waals surface area contributed by atoms with Gasteiger partial charge in [0.15, 0.2) is 0 Å². The molecule has 0 aliphatic carbocycles. The molecular formula is C13H18BrNS. The van der Waals surface area contributed by atoms with Crippen molar-refractivity contribution >= 4 is 27.7 Å². The molecule has 0 spiro atoms. The van der Waals surface area contributed by atoms with Crippen molar-refractivity contribution in [2.75, 3.05) is 18.6 Å². The molecule has 16 heavy (non-hydrogen) atoms. The van der Waals surface area contributed by atoms with Gasteiger partial charge >= 0.3 is 0 Å². The largest absolute Gasteiger partial charge is 0.313 e. The van der Waals surface area contributed by atoms with Gasteiger partial charge in [-0.25, -0.2) is 0 Å². The normalized spacial score (nSPS) is 23.0. The van der Waals surface area contributed by atoms with Crippen molar-refractivity contribution in [1.29, 1.82) is 0 Å². The summed E-state index contributed by atoms with van der Waals surface area (Å²) in [7, 11) is 2.07. The molecule has 2 unspecified atom stereocenters. The first-order valence-corrected chi connectivity index (χ1v) is 7.77. The lowest BCUT2D eigenvalue weighted by Crippen LogP contribution is -2.29. The maximum Gasteiger partial charge on any atom is 0.0365 e. The van der Waals surface area contributed by atoms with E-state index >= 15 is 0 Å². The van der Waals surface area contributed by atoms with Crippen LogP contribution in [0.15, 0.2) is 28.7 Å². The van der Waals surface area contributed by atoms with E-state index in [4.69, 9.17) is 0 Å². The van der Waals surface area contributed by atoms with Gasteiger partial charge in [0.25, 0.3) is 0 Å². The highest BCUT2D eigenvalue weighted by Crippen LogP contribution is 2.35. The zero-order valence-electron chi connectivity index (χ0n) is 9.58. The predicted molar refractivity (Wildman–Crippen MR) is 76.0 cm³/mol. The van der Waals surface area contributed by atoms with Gasteiger partial charge in [-0.1, -0.05) is 34.1 Å². The summed E-state index contributed by atoms with van der Waals surface area (Å²) in [6.07, 6.45) is 2.71. The third-order valence-corrected chi connectivity index (χ3v) is 5.18. The molecule has 2 rings (SSSR count). The quantitative estimate of drug-likeness (QED) is 0.910. The van der Waals surface area contributed by atoms with Crippen LogP contribution in [0.3, 0.4) is 0 Å². The van der Waals surface area contributed by atoms with Gasteiger partial charge in [0.05, 0.1) is 0 Å². The lowest BCUT2D eigenvalue weighted by molar-refractivity contribution is 0.383. The van der Waals surface area contributed by atoms with Crippen LogP contribution in [0.4, 0.5) is 0 Å². The molecule has 0 saturated carbocycles. The van der Waals surface area contributed by atoms with E-state index in [1.54, 1.807) is 0 Å². The zero-order valence-corrected chi connectivity index (χ0v) is 12.0. The third-order valence-electron chi connectivity index (χ3n) is 3.22. The maximum absolute atomic E-state index is 3.66. The Balaban J connectivity index is 2.18. The van der Waals surface area contributed by atoms with Crippen LogP contribution in [0.5, 0.6) is 0 Å². The average molecular weight is 300 g/mol. The van der Waals surface area contributed by atoms with E-state index in [1.165, 1.54) is 34.4 Å². The number of hydrogen-bond acceptors (Lipinski definition) is 2. The summed E-state index contributed by atoms with van der Waals surface area (Å²) in [6.45, 7) is 0. The third kappa shape index (κ3) is 2.82. The van der Waals surface area contributed by atoms with Gasteiger partial charge in [-0.2, -0.15) is 11.8 Å². The van der Waals surface area contributed by atoms with Crippen molar-refractivity contribution in [2.45, 2.75) is 18.9 Å². The lowest BCUT2D eigenvalue weighted by atomic mass is 9.91. The van der Waals surface area contributed by atoms with Crippen molar-refractivity contribution in [3.05, 3.63) is 34.3 Å². The van der Waals surface area contributed by atoms with Crippen molar-refractivity contribution in [2.24, 2.45) is 5.92 Å². The first kappa shape index (κ1) is 12.5. The second-order valence-electron chi connectivity index (χ2n) is 4.27. The van der Waals surface area contributed by atoms with Gasteiger partial charge in [0.2, 0.25) is 0 Å². The van der Waals surface area contributed by atoms with Gasteiger partial charge in [-0.3, -0.25) is 0 Å². The first-order valence-electron chi connectivity index (χ1n) is 5.82. The Morgan fingerprint density at radius 3 is 2.88 bits per heavy atom. The first-order chi connectivity index (χ1) is 7.83. The standard InChI is InChI=1S/C13H18BrNS/c1-15-13(10-5-4-8-16-9-10)11-6-2-3-7-12(11)14/h2-3,6-7,10,13,15H,4-5,8-9H2,1H3. The molecule has 0 amide bonds. The van der Waals surface area contributed by atoms with E-state index in [0.29, 0.717) is 6.04 Å². The number of thioether (sulfide) groups is 1. The minimum atomic E-state index is 0.489. The summed E-state index contributed by atoms with van der Waals surface area (Å²) in [5, 5.41) is 3.49. The molecule has 0 aromatic heterocycles. The number of hydrogen-bond donors (Lipinski definition) is 1. The summed E-state index contributed by atoms with van der Waals surface area (Å²) >= 11 is 5.75. The highest BCUT2D eigenvalue weighted by atomic mass is 79.9. The Bertz CT molecular complexity index is 336. The summed E-state index contributed by atoms with van der Waals surface area (Å²) < 4.78 is 1.23. The molecule has 1 aliphatic rings. The fraction of sp³-hybridized carbons (Fsp3) is 0.538. The molecule has 1 N–H and O–H groups in total. The fourth-order valence-corrected chi connectivity index (χ4v) is 4.13. The summed E-state index contributed by atoms with van der Waals surface area (Å²) in [5.41, 5.74) is 1.40. The molecule has 1 fully saturated rings. The highest BCUT2D eigenvalue weighted by molar-refractivity contribution is 9.10. The van der Waals surface area contributed by atoms with E-state index in [2.05, 4.69) is 64.3 Å². The maximum atomic E-state index is 3.66. The molecule has 1 aliphatic heterocycles. The Kier molecular flexibility index (Phi) is 4.74. The number of nitrogens with one attached hydrogen (secondary N) is 1. The highest BCUT2D eigenvalue weighted by Gasteiger charge is 2.25. The zero-order chi connectivity index (χ0) is 11.4. The van der Waals surface area contributed by atoms with E-state index in [0.717, 1.165) is 5.92 Å². The van der Waals surface area contributed by atoms with Crippen molar-refractivity contribution in [3.8, 4) is 0 Å². The number of benzene rings is 1. The molecule has 1 nitrogen and oxygen atoms in total.